The van der Waals surface area contributed by atoms with Gasteiger partial charge in [-0.25, -0.2) is 4.79 Å². The van der Waals surface area contributed by atoms with Gasteiger partial charge in [0.25, 0.3) is 0 Å². The van der Waals surface area contributed by atoms with Crippen molar-refractivity contribution in [2.24, 2.45) is 5.73 Å². The number of carbonyl (C=O) groups is 5. The zero-order chi connectivity index (χ0) is 30.7. The molecule has 0 radical (unpaired) electrons. The van der Waals surface area contributed by atoms with Gasteiger partial charge in [-0.15, -0.1) is 0 Å². The molecule has 0 heterocycles. The molecule has 0 aromatic heterocycles. The molecule has 0 fully saturated rings. The van der Waals surface area contributed by atoms with E-state index in [1.54, 1.807) is 13.8 Å². The highest BCUT2D eigenvalue weighted by molar-refractivity contribution is 15.0. The van der Waals surface area contributed by atoms with E-state index in [0.29, 0.717) is 25.8 Å². The second-order valence-electron chi connectivity index (χ2n) is 7.22. The highest BCUT2D eigenvalue weighted by Gasteiger charge is 2.16. The van der Waals surface area contributed by atoms with Crippen LogP contribution >= 0.6 is 59.8 Å². The monoisotopic (exact) mass is 894 g/mol. The fourth-order valence-corrected chi connectivity index (χ4v) is 2.27. The molecule has 3 unspecified atom stereocenters. The first kappa shape index (κ1) is 47.5. The van der Waals surface area contributed by atoms with Gasteiger partial charge in [0.15, 0.2) is 0 Å². The predicted molar refractivity (Wildman–Crippen MR) is 182 cm³/mol. The fraction of sp³-hybridized carbons (Fsp3) is 0.560. The summed E-state index contributed by atoms with van der Waals surface area (Å²) in [6.07, 6.45) is 1.49. The minimum Gasteiger partial charge on any atom is -0.480 e. The van der Waals surface area contributed by atoms with Crippen LogP contribution in [0.5, 0.6) is 0 Å². The summed E-state index contributed by atoms with van der Waals surface area (Å²) >= 11 is 6.39. The van der Waals surface area contributed by atoms with Crippen molar-refractivity contribution in [2.75, 3.05) is 4.93 Å². The summed E-state index contributed by atoms with van der Waals surface area (Å²) in [5.41, 5.74) is 6.06. The molecule has 0 bridgehead atoms. The molecule has 1 aromatic rings. The van der Waals surface area contributed by atoms with Crippen LogP contribution in [-0.4, -0.2) is 62.9 Å². The lowest BCUT2D eigenvalue weighted by atomic mass is 10.2. The molecule has 39 heavy (non-hydrogen) atoms. The predicted octanol–water partition coefficient (Wildman–Crippen LogP) is 4.47. The van der Waals surface area contributed by atoms with Crippen molar-refractivity contribution in [1.29, 1.82) is 0 Å². The first-order valence-corrected chi connectivity index (χ1v) is 19.9. The molecule has 11 nitrogen and oxygen atoms in total. The molecule has 0 aliphatic rings. The highest BCUT2D eigenvalue weighted by atomic mass is 128. The van der Waals surface area contributed by atoms with E-state index in [4.69, 9.17) is 15.9 Å². The molecule has 0 saturated carbocycles. The Balaban J connectivity index is -0.000000150. The zero-order valence-electron chi connectivity index (χ0n) is 22.6. The summed E-state index contributed by atoms with van der Waals surface area (Å²) in [7, 11) is 0. The second-order valence-corrected chi connectivity index (χ2v) is 7.22. The van der Waals surface area contributed by atoms with E-state index < -0.39 is 30.1 Å². The van der Waals surface area contributed by atoms with Gasteiger partial charge in [-0.05, 0) is 29.8 Å². The zero-order valence-corrected chi connectivity index (χ0v) is 29.1. The van der Waals surface area contributed by atoms with Gasteiger partial charge in [-0.3, -0.25) is 19.2 Å². The van der Waals surface area contributed by atoms with Gasteiger partial charge >= 0.3 is 11.9 Å². The van der Waals surface area contributed by atoms with Crippen LogP contribution in [0.2, 0.25) is 0 Å². The van der Waals surface area contributed by atoms with Crippen molar-refractivity contribution < 1.29 is 34.2 Å². The maximum absolute atomic E-state index is 11.8. The van der Waals surface area contributed by atoms with E-state index in [1.807, 2.05) is 42.2 Å². The van der Waals surface area contributed by atoms with Crippen LogP contribution in [0.4, 0.5) is 0 Å². The van der Waals surface area contributed by atoms with Crippen LogP contribution < -0.4 is 21.7 Å². The van der Waals surface area contributed by atoms with Crippen molar-refractivity contribution in [3.05, 3.63) is 35.9 Å². The molecule has 0 saturated heterocycles. The molecular formula is C25H45I3N4O7. The van der Waals surface area contributed by atoms with Gasteiger partial charge in [0, 0.05) is 57.6 Å². The lowest BCUT2D eigenvalue weighted by Crippen LogP contribution is -2.45. The number of carboxylic acid groups (broad SMARTS) is 2. The van der Waals surface area contributed by atoms with Crippen LogP contribution in [0.3, 0.4) is 0 Å². The Hall–Kier alpha value is -1.28. The van der Waals surface area contributed by atoms with Gasteiger partial charge < -0.3 is 31.9 Å². The smallest absolute Gasteiger partial charge is 0.326 e. The van der Waals surface area contributed by atoms with Crippen molar-refractivity contribution in [3.8, 4) is 0 Å². The van der Waals surface area contributed by atoms with Crippen LogP contribution in [0.25, 0.3) is 0 Å². The van der Waals surface area contributed by atoms with Crippen molar-refractivity contribution in [1.82, 2.24) is 16.0 Å². The number of hydrogen-bond donors (Lipinski definition) is 6. The number of rotatable bonds is 10. The maximum Gasteiger partial charge on any atom is 0.326 e. The van der Waals surface area contributed by atoms with Crippen molar-refractivity contribution in [3.63, 3.8) is 0 Å². The van der Waals surface area contributed by atoms with E-state index in [9.17, 15) is 24.0 Å². The molecule has 3 atom stereocenters. The molecule has 0 aliphatic carbocycles. The lowest BCUT2D eigenvalue weighted by Gasteiger charge is -2.15. The first-order valence-electron chi connectivity index (χ1n) is 11.5. The van der Waals surface area contributed by atoms with Crippen molar-refractivity contribution >= 4 is 89.5 Å². The van der Waals surface area contributed by atoms with Gasteiger partial charge in [-0.2, -0.15) is 0 Å². The summed E-state index contributed by atoms with van der Waals surface area (Å²) < 4.78 is 0. The average Bonchev–Trinajstić information content (AvgIpc) is 2.91. The first-order chi connectivity index (χ1) is 17.9. The Morgan fingerprint density at radius 2 is 1.21 bits per heavy atom. The molecule has 1 aromatic carbocycles. The van der Waals surface area contributed by atoms with E-state index in [-0.39, 0.29) is 25.1 Å². The van der Waals surface area contributed by atoms with Crippen LogP contribution in [0.15, 0.2) is 30.3 Å². The molecule has 3 amide bonds. The van der Waals surface area contributed by atoms with Crippen LogP contribution in [0.1, 0.15) is 66.9 Å². The van der Waals surface area contributed by atoms with E-state index in [1.165, 1.54) is 13.8 Å². The summed E-state index contributed by atoms with van der Waals surface area (Å²) in [6, 6.07) is 7.80. The number of carbonyl (C=O) groups excluding carboxylic acids is 3. The number of amides is 3. The fourth-order valence-electron chi connectivity index (χ4n) is 2.27. The number of nitrogens with two attached hydrogens (primary N) is 1. The molecule has 7 N–H and O–H groups in total. The Morgan fingerprint density at radius 3 is 1.46 bits per heavy atom. The van der Waals surface area contributed by atoms with E-state index >= 15 is 0 Å². The number of nitrogens with one attached hydrogen (secondary N) is 3. The standard InChI is InChI=1S/C13H18N2O2.C6H11NO3.C4H9NO2.CH3I.CH4.I2/c1-3-12(15-10(2)16)13(17)14-9-11-7-5-4-6-8-11;1-3-5(6(9)10)7-4(2)8;1-2-3(5)4(6)7;1-2;;1-2/h4-8,12H,3,9H2,1-2H3,(H,14,17)(H,15,16);5H,3H2,1-2H3,(H,7,8)(H,9,10);3H,2,5H2,1H3,(H,6,7);1H3;1H4;. The molecule has 228 valence electrons. The van der Waals surface area contributed by atoms with Crippen LogP contribution in [-0.2, 0) is 30.5 Å². The van der Waals surface area contributed by atoms with Crippen molar-refractivity contribution in [2.45, 2.75) is 86.0 Å². The average molecular weight is 894 g/mol. The highest BCUT2D eigenvalue weighted by Crippen LogP contribution is 1.98. The second kappa shape index (κ2) is 32.9. The van der Waals surface area contributed by atoms with Gasteiger partial charge in [0.05, 0.1) is 0 Å². The number of halogens is 3. The molecule has 1 rings (SSSR count). The van der Waals surface area contributed by atoms with Gasteiger partial charge in [-0.1, -0.05) is 81.1 Å². The third-order valence-electron chi connectivity index (χ3n) is 4.25. The number of benzene rings is 1. The van der Waals surface area contributed by atoms with E-state index in [2.05, 4.69) is 75.8 Å². The molecule has 0 spiro atoms. The summed E-state index contributed by atoms with van der Waals surface area (Å²) in [5.74, 6) is -2.56. The number of aliphatic carboxylic acids is 2. The maximum atomic E-state index is 11.8. The Labute approximate surface area is 270 Å². The largest absolute Gasteiger partial charge is 0.480 e. The van der Waals surface area contributed by atoms with E-state index in [0.717, 1.165) is 5.56 Å². The lowest BCUT2D eigenvalue weighted by molar-refractivity contribution is -0.141. The summed E-state index contributed by atoms with van der Waals surface area (Å²) in [5, 5.41) is 24.2. The van der Waals surface area contributed by atoms with Gasteiger partial charge in [0.1, 0.15) is 18.1 Å². The third-order valence-corrected chi connectivity index (χ3v) is 4.25. The SMILES string of the molecule is C.CCC(N)C(=O)O.CCC(NC(C)=O)C(=O)NCc1ccccc1.CCC(NC(C)=O)C(=O)O.CI.II. The molecular weight excluding hydrogens is 849 g/mol. The minimum absolute atomic E-state index is 0. The Morgan fingerprint density at radius 1 is 0.795 bits per heavy atom. The quantitative estimate of drug-likeness (QED) is 0.147. The number of carboxylic acids is 2. The molecule has 0 aliphatic heterocycles. The third kappa shape index (κ3) is 31.1. The topological polar surface area (TPSA) is 188 Å². The Bertz CT molecular complexity index is 788. The minimum atomic E-state index is -0.988. The number of hydrogen-bond acceptors (Lipinski definition) is 6. The molecule has 14 heteroatoms. The van der Waals surface area contributed by atoms with Gasteiger partial charge in [0.2, 0.25) is 17.7 Å². The van der Waals surface area contributed by atoms with Crippen LogP contribution in [0, 0.1) is 0 Å². The summed E-state index contributed by atoms with van der Waals surface area (Å²) in [6.45, 7) is 8.49. The normalized spacial score (nSPS) is 10.9. The Kier molecular flexibility index (Phi) is 40.1. The number of alkyl halides is 1. The summed E-state index contributed by atoms with van der Waals surface area (Å²) in [4.78, 5) is 55.0.